The lowest BCUT2D eigenvalue weighted by Gasteiger charge is -2.34. The molecule has 0 atom stereocenters. The molecule has 0 saturated carbocycles. The first-order valence-electron chi connectivity index (χ1n) is 8.24. The minimum atomic E-state index is -0.179. The topological polar surface area (TPSA) is 61.6 Å². The lowest BCUT2D eigenvalue weighted by atomic mass is 10.1. The second-order valence-electron chi connectivity index (χ2n) is 6.44. The number of benzene rings is 1. The number of hydrogen-bond donors (Lipinski definition) is 1. The molecule has 2 aromatic rings. The summed E-state index contributed by atoms with van der Waals surface area (Å²) in [6.45, 7) is 9.74. The maximum absolute atomic E-state index is 12.5. The molecule has 24 heavy (non-hydrogen) atoms. The highest BCUT2D eigenvalue weighted by atomic mass is 16.5. The highest BCUT2D eigenvalue weighted by Gasteiger charge is 2.19. The standard InChI is InChI=1S/C18H24N4O2/c1-12-11-15(22-9-7-21(4)8-10-22)5-6-16(12)19-18(23)17-13(2)20-24-14(17)3/h5-6,11H,7-10H2,1-4H3,(H,19,23). The molecule has 0 spiro atoms. The number of carbonyl (C=O) groups is 1. The monoisotopic (exact) mass is 328 g/mol. The maximum atomic E-state index is 12.5. The Bertz CT molecular complexity index is 726. The summed E-state index contributed by atoms with van der Waals surface area (Å²) in [5, 5.41) is 6.80. The van der Waals surface area contributed by atoms with Gasteiger partial charge in [-0.25, -0.2) is 0 Å². The largest absolute Gasteiger partial charge is 0.369 e. The van der Waals surface area contributed by atoms with Crippen LogP contribution in [0.5, 0.6) is 0 Å². The molecule has 0 aliphatic carbocycles. The molecule has 1 aromatic carbocycles. The van der Waals surface area contributed by atoms with Crippen LogP contribution in [0.1, 0.15) is 27.4 Å². The summed E-state index contributed by atoms with van der Waals surface area (Å²) in [4.78, 5) is 17.2. The van der Waals surface area contributed by atoms with Gasteiger partial charge in [0.15, 0.2) is 0 Å². The fourth-order valence-electron chi connectivity index (χ4n) is 3.04. The molecule has 2 heterocycles. The lowest BCUT2D eigenvalue weighted by molar-refractivity contribution is 0.102. The van der Waals surface area contributed by atoms with Crippen LogP contribution in [0.25, 0.3) is 0 Å². The van der Waals surface area contributed by atoms with E-state index in [1.54, 1.807) is 13.8 Å². The number of amides is 1. The van der Waals surface area contributed by atoms with E-state index in [1.165, 1.54) is 5.69 Å². The molecule has 1 fully saturated rings. The molecule has 1 aliphatic heterocycles. The van der Waals surface area contributed by atoms with Gasteiger partial charge >= 0.3 is 0 Å². The van der Waals surface area contributed by atoms with Gasteiger partial charge in [-0.3, -0.25) is 4.79 Å². The van der Waals surface area contributed by atoms with Gasteiger partial charge in [0.05, 0.1) is 5.69 Å². The smallest absolute Gasteiger partial charge is 0.261 e. The van der Waals surface area contributed by atoms with Crippen LogP contribution in [0.2, 0.25) is 0 Å². The van der Waals surface area contributed by atoms with Gasteiger partial charge in [0.2, 0.25) is 0 Å². The van der Waals surface area contributed by atoms with Gasteiger partial charge in [-0.2, -0.15) is 0 Å². The van der Waals surface area contributed by atoms with Crippen LogP contribution in [0, 0.1) is 20.8 Å². The minimum Gasteiger partial charge on any atom is -0.369 e. The Kier molecular flexibility index (Phi) is 4.57. The Balaban J connectivity index is 1.74. The fraction of sp³-hybridized carbons (Fsp3) is 0.444. The Morgan fingerprint density at radius 1 is 1.17 bits per heavy atom. The number of rotatable bonds is 3. The predicted octanol–water partition coefficient (Wildman–Crippen LogP) is 2.60. The van der Waals surface area contributed by atoms with E-state index >= 15 is 0 Å². The summed E-state index contributed by atoms with van der Waals surface area (Å²) < 4.78 is 5.07. The fourth-order valence-corrected chi connectivity index (χ4v) is 3.04. The molecular formula is C18H24N4O2. The molecule has 1 N–H and O–H groups in total. The Labute approximate surface area is 142 Å². The highest BCUT2D eigenvalue weighted by Crippen LogP contribution is 2.24. The van der Waals surface area contributed by atoms with Gasteiger partial charge in [0, 0.05) is 37.6 Å². The summed E-state index contributed by atoms with van der Waals surface area (Å²) >= 11 is 0. The number of aryl methyl sites for hydroxylation is 3. The van der Waals surface area contributed by atoms with Crippen LogP contribution >= 0.6 is 0 Å². The first kappa shape index (κ1) is 16.5. The van der Waals surface area contributed by atoms with Gasteiger partial charge in [-0.05, 0) is 51.6 Å². The van der Waals surface area contributed by atoms with Crippen LogP contribution in [0.3, 0.4) is 0 Å². The maximum Gasteiger partial charge on any atom is 0.261 e. The van der Waals surface area contributed by atoms with E-state index in [0.717, 1.165) is 37.4 Å². The zero-order valence-electron chi connectivity index (χ0n) is 14.7. The van der Waals surface area contributed by atoms with Crippen LogP contribution in [0.15, 0.2) is 22.7 Å². The van der Waals surface area contributed by atoms with Gasteiger partial charge in [-0.1, -0.05) is 5.16 Å². The SMILES string of the molecule is Cc1cc(N2CCN(C)CC2)ccc1NC(=O)c1c(C)noc1C. The molecule has 1 amide bonds. The van der Waals surface area contributed by atoms with Crippen LogP contribution in [-0.4, -0.2) is 49.2 Å². The second kappa shape index (κ2) is 6.65. The van der Waals surface area contributed by atoms with Crippen molar-refractivity contribution in [2.75, 3.05) is 43.4 Å². The molecule has 0 unspecified atom stereocenters. The van der Waals surface area contributed by atoms with Gasteiger partial charge in [-0.15, -0.1) is 0 Å². The summed E-state index contributed by atoms with van der Waals surface area (Å²) in [6, 6.07) is 6.18. The average molecular weight is 328 g/mol. The van der Waals surface area contributed by atoms with Crippen molar-refractivity contribution in [2.24, 2.45) is 0 Å². The molecule has 6 heteroatoms. The summed E-state index contributed by atoms with van der Waals surface area (Å²) in [7, 11) is 2.15. The Morgan fingerprint density at radius 2 is 1.88 bits per heavy atom. The third kappa shape index (κ3) is 3.28. The van der Waals surface area contributed by atoms with Gasteiger partial charge < -0.3 is 19.6 Å². The third-order valence-corrected chi connectivity index (χ3v) is 4.59. The quantitative estimate of drug-likeness (QED) is 0.938. The van der Waals surface area contributed by atoms with Crippen LogP contribution in [-0.2, 0) is 0 Å². The van der Waals surface area contributed by atoms with Crippen molar-refractivity contribution in [3.8, 4) is 0 Å². The molecule has 3 rings (SSSR count). The van der Waals surface area contributed by atoms with Crippen molar-refractivity contribution < 1.29 is 9.32 Å². The van der Waals surface area contributed by atoms with Crippen molar-refractivity contribution in [1.29, 1.82) is 0 Å². The van der Waals surface area contributed by atoms with E-state index in [9.17, 15) is 4.79 Å². The predicted molar refractivity (Wildman–Crippen MR) is 94.8 cm³/mol. The summed E-state index contributed by atoms with van der Waals surface area (Å²) in [5.41, 5.74) is 4.19. The number of hydrogen-bond acceptors (Lipinski definition) is 5. The Hall–Kier alpha value is -2.34. The van der Waals surface area contributed by atoms with E-state index in [-0.39, 0.29) is 5.91 Å². The van der Waals surface area contributed by atoms with Crippen molar-refractivity contribution in [3.63, 3.8) is 0 Å². The number of nitrogens with zero attached hydrogens (tertiary/aromatic N) is 3. The van der Waals surface area contributed by atoms with Crippen LogP contribution in [0.4, 0.5) is 11.4 Å². The van der Waals surface area contributed by atoms with Crippen LogP contribution < -0.4 is 10.2 Å². The van der Waals surface area contributed by atoms with E-state index in [1.807, 2.05) is 13.0 Å². The zero-order chi connectivity index (χ0) is 17.3. The van der Waals surface area contributed by atoms with Gasteiger partial charge in [0.1, 0.15) is 11.3 Å². The summed E-state index contributed by atoms with van der Waals surface area (Å²) in [5.74, 6) is 0.360. The molecule has 1 saturated heterocycles. The van der Waals surface area contributed by atoms with Crippen molar-refractivity contribution in [3.05, 3.63) is 40.8 Å². The second-order valence-corrected chi connectivity index (χ2v) is 6.44. The van der Waals surface area contributed by atoms with Crippen molar-refractivity contribution >= 4 is 17.3 Å². The third-order valence-electron chi connectivity index (χ3n) is 4.59. The number of nitrogens with one attached hydrogen (secondary N) is 1. The van der Waals surface area contributed by atoms with E-state index in [2.05, 4.69) is 39.5 Å². The number of piperazine rings is 1. The van der Waals surface area contributed by atoms with E-state index < -0.39 is 0 Å². The molecule has 1 aliphatic rings. The molecule has 0 radical (unpaired) electrons. The molecule has 6 nitrogen and oxygen atoms in total. The highest BCUT2D eigenvalue weighted by molar-refractivity contribution is 6.06. The number of likely N-dealkylation sites (N-methyl/N-ethyl adjacent to an activating group) is 1. The van der Waals surface area contributed by atoms with E-state index in [0.29, 0.717) is 17.0 Å². The minimum absolute atomic E-state index is 0.179. The number of anilines is 2. The Morgan fingerprint density at radius 3 is 2.46 bits per heavy atom. The summed E-state index contributed by atoms with van der Waals surface area (Å²) in [6.07, 6.45) is 0. The van der Waals surface area contributed by atoms with Gasteiger partial charge in [0.25, 0.3) is 5.91 Å². The first-order chi connectivity index (χ1) is 11.5. The number of carbonyl (C=O) groups excluding carboxylic acids is 1. The molecule has 128 valence electrons. The van der Waals surface area contributed by atoms with Crippen molar-refractivity contribution in [1.82, 2.24) is 10.1 Å². The number of aromatic nitrogens is 1. The van der Waals surface area contributed by atoms with Crippen molar-refractivity contribution in [2.45, 2.75) is 20.8 Å². The molecular weight excluding hydrogens is 304 g/mol. The average Bonchev–Trinajstić information content (AvgIpc) is 2.89. The first-order valence-corrected chi connectivity index (χ1v) is 8.24. The molecule has 1 aromatic heterocycles. The normalized spacial score (nSPS) is 15.6. The lowest BCUT2D eigenvalue weighted by Crippen LogP contribution is -2.44. The molecule has 0 bridgehead atoms. The van der Waals surface area contributed by atoms with E-state index in [4.69, 9.17) is 4.52 Å². The zero-order valence-corrected chi connectivity index (χ0v) is 14.7.